The number of nitrogens with one attached hydrogen (secondary N) is 1. The lowest BCUT2D eigenvalue weighted by Gasteiger charge is -2.20. The van der Waals surface area contributed by atoms with Crippen molar-refractivity contribution in [1.82, 2.24) is 9.88 Å². The molecule has 1 aromatic carbocycles. The minimum absolute atomic E-state index is 0.0488. The van der Waals surface area contributed by atoms with Crippen molar-refractivity contribution in [2.75, 3.05) is 6.54 Å². The van der Waals surface area contributed by atoms with E-state index in [0.717, 1.165) is 10.9 Å². The van der Waals surface area contributed by atoms with Gasteiger partial charge in [0.2, 0.25) is 0 Å². The molecule has 1 heterocycles. The van der Waals surface area contributed by atoms with Crippen molar-refractivity contribution in [3.8, 4) is 0 Å². The van der Waals surface area contributed by atoms with Crippen LogP contribution in [0.5, 0.6) is 0 Å². The van der Waals surface area contributed by atoms with Crippen LogP contribution in [0, 0.1) is 5.41 Å². The molecule has 1 amide bonds. The lowest BCUT2D eigenvalue weighted by Crippen LogP contribution is -2.33. The molecular weight excluding hydrogens is 371 g/mol. The Kier molecular flexibility index (Phi) is 6.88. The molecule has 158 valence electrons. The lowest BCUT2D eigenvalue weighted by atomic mass is 9.88. The van der Waals surface area contributed by atoms with Gasteiger partial charge in [-0.25, -0.2) is 9.18 Å². The van der Waals surface area contributed by atoms with Gasteiger partial charge in [-0.05, 0) is 56.0 Å². The van der Waals surface area contributed by atoms with Gasteiger partial charge in [0.15, 0.2) is 5.78 Å². The second kappa shape index (κ2) is 8.80. The van der Waals surface area contributed by atoms with Gasteiger partial charge < -0.3 is 14.6 Å². The number of ketones is 1. The maximum Gasteiger partial charge on any atom is 0.407 e. The van der Waals surface area contributed by atoms with Crippen molar-refractivity contribution in [2.24, 2.45) is 5.41 Å². The van der Waals surface area contributed by atoms with Gasteiger partial charge in [-0.15, -0.1) is 0 Å². The molecule has 0 aliphatic heterocycles. The van der Waals surface area contributed by atoms with Crippen LogP contribution in [0.3, 0.4) is 0 Å². The number of alkyl carbamates (subject to hydrolysis) is 1. The fourth-order valence-electron chi connectivity index (χ4n) is 2.94. The number of halogens is 1. The van der Waals surface area contributed by atoms with E-state index in [4.69, 9.17) is 4.74 Å². The van der Waals surface area contributed by atoms with Gasteiger partial charge in [0.05, 0.1) is 6.33 Å². The minimum Gasteiger partial charge on any atom is -0.444 e. The number of Topliss-reactive ketones (excluding diaryl/α,β-unsaturated/α-hetero) is 1. The number of carbonyl (C=O) groups excluding carboxylic acids is 2. The maximum absolute atomic E-state index is 13.4. The largest absolute Gasteiger partial charge is 0.444 e. The number of nitrogens with zero attached hydrogens (tertiary/aromatic N) is 1. The van der Waals surface area contributed by atoms with Crippen LogP contribution in [0.1, 0.15) is 58.3 Å². The van der Waals surface area contributed by atoms with E-state index in [0.29, 0.717) is 23.9 Å². The Morgan fingerprint density at radius 1 is 1.14 bits per heavy atom. The zero-order chi connectivity index (χ0) is 21.8. The first-order valence-electron chi connectivity index (χ1n) is 9.75. The first-order valence-corrected chi connectivity index (χ1v) is 9.75. The Balaban J connectivity index is 2.08. The summed E-state index contributed by atoms with van der Waals surface area (Å²) in [4.78, 5) is 24.2. The Morgan fingerprint density at radius 2 is 1.83 bits per heavy atom. The Hall–Kier alpha value is -2.63. The van der Waals surface area contributed by atoms with Gasteiger partial charge >= 0.3 is 6.09 Å². The summed E-state index contributed by atoms with van der Waals surface area (Å²) in [5, 5.41) is 3.49. The van der Waals surface area contributed by atoms with Crippen molar-refractivity contribution in [3.05, 3.63) is 47.9 Å². The van der Waals surface area contributed by atoms with Crippen LogP contribution in [0.15, 0.2) is 42.4 Å². The molecule has 2 rings (SSSR count). The Morgan fingerprint density at radius 3 is 2.41 bits per heavy atom. The Bertz CT molecular complexity index is 914. The molecule has 2 aromatic rings. The summed E-state index contributed by atoms with van der Waals surface area (Å²) in [6.07, 6.45) is 2.24. The van der Waals surface area contributed by atoms with Crippen LogP contribution in [0.4, 0.5) is 9.18 Å². The zero-order valence-electron chi connectivity index (χ0n) is 18.1. The van der Waals surface area contributed by atoms with E-state index in [9.17, 15) is 14.0 Å². The number of amides is 1. The van der Waals surface area contributed by atoms with Crippen molar-refractivity contribution < 1.29 is 18.7 Å². The van der Waals surface area contributed by atoms with Gasteiger partial charge in [-0.1, -0.05) is 20.8 Å². The van der Waals surface area contributed by atoms with E-state index in [2.05, 4.69) is 5.32 Å². The predicted molar refractivity (Wildman–Crippen MR) is 114 cm³/mol. The third-order valence-electron chi connectivity index (χ3n) is 4.17. The van der Waals surface area contributed by atoms with E-state index in [1.165, 1.54) is 0 Å². The van der Waals surface area contributed by atoms with E-state index in [1.54, 1.807) is 20.8 Å². The molecule has 6 heteroatoms. The van der Waals surface area contributed by atoms with Gasteiger partial charge in [0, 0.05) is 42.2 Å². The first-order chi connectivity index (χ1) is 13.4. The second-order valence-corrected chi connectivity index (χ2v) is 9.50. The normalized spacial score (nSPS) is 12.9. The summed E-state index contributed by atoms with van der Waals surface area (Å²) in [6, 6.07) is 7.46. The third kappa shape index (κ3) is 7.04. The summed E-state index contributed by atoms with van der Waals surface area (Å²) >= 11 is 0. The van der Waals surface area contributed by atoms with Gasteiger partial charge in [0.25, 0.3) is 0 Å². The van der Waals surface area contributed by atoms with Crippen LogP contribution in [0.2, 0.25) is 0 Å². The smallest absolute Gasteiger partial charge is 0.407 e. The molecule has 0 fully saturated rings. The van der Waals surface area contributed by atoms with Crippen molar-refractivity contribution >= 4 is 22.8 Å². The number of carbonyl (C=O) groups is 2. The van der Waals surface area contributed by atoms with Crippen LogP contribution >= 0.6 is 0 Å². The van der Waals surface area contributed by atoms with E-state index in [-0.39, 0.29) is 24.3 Å². The van der Waals surface area contributed by atoms with Gasteiger partial charge in [-0.2, -0.15) is 0 Å². The molecule has 0 unspecified atom stereocenters. The zero-order valence-corrected chi connectivity index (χ0v) is 18.1. The molecule has 29 heavy (non-hydrogen) atoms. The number of hydrogen-bond acceptors (Lipinski definition) is 3. The molecular formula is C23H31FN2O3. The molecule has 0 saturated heterocycles. The number of aromatic nitrogens is 1. The highest BCUT2D eigenvalue weighted by atomic mass is 19.1. The van der Waals surface area contributed by atoms with Gasteiger partial charge in [0.1, 0.15) is 5.60 Å². The van der Waals surface area contributed by atoms with Crippen molar-refractivity contribution in [1.29, 1.82) is 0 Å². The molecule has 0 aliphatic rings. The minimum atomic E-state index is -0.609. The van der Waals surface area contributed by atoms with Crippen LogP contribution in [-0.2, 0) is 11.3 Å². The molecule has 1 N–H and O–H groups in total. The third-order valence-corrected chi connectivity index (χ3v) is 4.17. The molecule has 0 atom stereocenters. The highest BCUT2D eigenvalue weighted by Gasteiger charge is 2.18. The molecule has 0 saturated carbocycles. The average molecular weight is 403 g/mol. The lowest BCUT2D eigenvalue weighted by molar-refractivity contribution is 0.0532. The Labute approximate surface area is 171 Å². The molecule has 0 aliphatic carbocycles. The van der Waals surface area contributed by atoms with Crippen LogP contribution in [-0.4, -0.2) is 28.6 Å². The van der Waals surface area contributed by atoms with E-state index < -0.39 is 11.7 Å². The molecule has 0 bridgehead atoms. The molecule has 5 nitrogen and oxygen atoms in total. The number of benzene rings is 1. The fourth-order valence-corrected chi connectivity index (χ4v) is 2.94. The fraction of sp³-hybridized carbons (Fsp3) is 0.478. The standard InChI is InChI=1S/C23H31FN2O3/c1-22(2,3)12-20(27)18-7-8-19-17(11-18)9-10-26(19)15-16(13-24)14-25-21(28)29-23(4,5)6/h7-11,13H,12,14-15H2,1-6H3,(H,25,28). The quantitative estimate of drug-likeness (QED) is 0.636. The highest BCUT2D eigenvalue weighted by Crippen LogP contribution is 2.24. The monoisotopic (exact) mass is 402 g/mol. The van der Waals surface area contributed by atoms with Crippen LogP contribution < -0.4 is 5.32 Å². The number of rotatable bonds is 6. The predicted octanol–water partition coefficient (Wildman–Crippen LogP) is 5.64. The molecule has 0 spiro atoms. The maximum atomic E-state index is 13.4. The molecule has 0 radical (unpaired) electrons. The van der Waals surface area contributed by atoms with E-state index >= 15 is 0 Å². The van der Waals surface area contributed by atoms with Crippen molar-refractivity contribution in [3.63, 3.8) is 0 Å². The van der Waals surface area contributed by atoms with Crippen molar-refractivity contribution in [2.45, 2.75) is 60.1 Å². The van der Waals surface area contributed by atoms with E-state index in [1.807, 2.05) is 55.8 Å². The summed E-state index contributed by atoms with van der Waals surface area (Å²) in [7, 11) is 0. The summed E-state index contributed by atoms with van der Waals surface area (Å²) in [5.74, 6) is 0.109. The van der Waals surface area contributed by atoms with Crippen LogP contribution in [0.25, 0.3) is 10.9 Å². The summed E-state index contributed by atoms with van der Waals surface area (Å²) in [5.41, 5.74) is 1.30. The highest BCUT2D eigenvalue weighted by molar-refractivity contribution is 5.99. The molecule has 1 aromatic heterocycles. The first kappa shape index (κ1) is 22.7. The second-order valence-electron chi connectivity index (χ2n) is 9.50. The summed E-state index contributed by atoms with van der Waals surface area (Å²) in [6.45, 7) is 11.8. The topological polar surface area (TPSA) is 60.3 Å². The van der Waals surface area contributed by atoms with Gasteiger partial charge in [-0.3, -0.25) is 4.79 Å². The summed E-state index contributed by atoms with van der Waals surface area (Å²) < 4.78 is 20.4. The SMILES string of the molecule is CC(C)(C)CC(=O)c1ccc2c(ccn2CC(=CF)CNC(=O)OC(C)(C)C)c1. The number of fused-ring (bicyclic) bond motifs is 1. The number of ether oxygens (including phenoxy) is 1. The average Bonchev–Trinajstić information content (AvgIpc) is 2.97. The number of hydrogen-bond donors (Lipinski definition) is 1.